The van der Waals surface area contributed by atoms with E-state index in [0.717, 1.165) is 5.56 Å². The standard InChI is InChI=1S/C28H31FN2O6/c1-17(33)5-4-8-24(34)31(16-18-9-11-19(29)12-10-18)22-15-21(28(36)30-13-14-32)25-20-6-2-3-7-23(20)37-27(25)26(22)35/h2-3,6-7,9-12,15,22,25-27,32,35H,4-5,8,13-14,16H2,1H3,(H,30,36). The SMILES string of the molecule is CC(=O)CCCC(=O)N(Cc1ccc(F)cc1)C1C=C(C(=O)NCCO)C2c3ccccc3OC2C1O. The second-order valence-electron chi connectivity index (χ2n) is 9.38. The van der Waals surface area contributed by atoms with Crippen molar-refractivity contribution in [3.8, 4) is 5.75 Å². The fraction of sp³-hybridized carbons (Fsp3) is 0.393. The highest BCUT2D eigenvalue weighted by Crippen LogP contribution is 2.47. The van der Waals surface area contributed by atoms with Crippen LogP contribution >= 0.6 is 0 Å². The molecule has 2 amide bonds. The lowest BCUT2D eigenvalue weighted by Gasteiger charge is -2.41. The molecule has 0 fully saturated rings. The number of aliphatic hydroxyl groups is 2. The van der Waals surface area contributed by atoms with Crippen molar-refractivity contribution in [3.63, 3.8) is 0 Å². The number of nitrogens with zero attached hydrogens (tertiary/aromatic N) is 1. The lowest BCUT2D eigenvalue weighted by molar-refractivity contribution is -0.138. The van der Waals surface area contributed by atoms with Crippen molar-refractivity contribution in [1.29, 1.82) is 0 Å². The van der Waals surface area contributed by atoms with Gasteiger partial charge in [-0.2, -0.15) is 0 Å². The molecular formula is C28H31FN2O6. The lowest BCUT2D eigenvalue weighted by atomic mass is 9.77. The van der Waals surface area contributed by atoms with Gasteiger partial charge in [0.25, 0.3) is 0 Å². The topological polar surface area (TPSA) is 116 Å². The molecule has 4 atom stereocenters. The number of benzene rings is 2. The molecule has 2 aliphatic rings. The Kier molecular flexibility index (Phi) is 8.35. The molecule has 0 saturated heterocycles. The van der Waals surface area contributed by atoms with Gasteiger partial charge in [0.05, 0.1) is 18.6 Å². The average Bonchev–Trinajstić information content (AvgIpc) is 3.27. The zero-order valence-corrected chi connectivity index (χ0v) is 20.6. The fourth-order valence-corrected chi connectivity index (χ4v) is 4.97. The molecule has 4 unspecified atom stereocenters. The number of nitrogens with one attached hydrogen (secondary N) is 1. The van der Waals surface area contributed by atoms with Gasteiger partial charge in [-0.05, 0) is 43.2 Å². The van der Waals surface area contributed by atoms with Gasteiger partial charge in [0, 0.05) is 37.1 Å². The summed E-state index contributed by atoms with van der Waals surface area (Å²) in [5, 5.41) is 23.4. The van der Waals surface area contributed by atoms with Crippen LogP contribution in [0, 0.1) is 5.82 Å². The van der Waals surface area contributed by atoms with Crippen molar-refractivity contribution in [2.45, 2.75) is 56.9 Å². The van der Waals surface area contributed by atoms with Crippen LogP contribution in [0.5, 0.6) is 5.75 Å². The number of Topliss-reactive ketones (excluding diaryl/α,β-unsaturated/α-hetero) is 1. The molecule has 1 aliphatic heterocycles. The Labute approximate surface area is 214 Å². The second-order valence-corrected chi connectivity index (χ2v) is 9.38. The molecule has 1 aliphatic carbocycles. The summed E-state index contributed by atoms with van der Waals surface area (Å²) in [7, 11) is 0. The Morgan fingerprint density at radius 1 is 1.08 bits per heavy atom. The number of fused-ring (bicyclic) bond motifs is 3. The summed E-state index contributed by atoms with van der Waals surface area (Å²) in [6.45, 7) is 1.33. The largest absolute Gasteiger partial charge is 0.486 e. The van der Waals surface area contributed by atoms with Gasteiger partial charge in [0.15, 0.2) is 0 Å². The molecule has 0 aromatic heterocycles. The van der Waals surface area contributed by atoms with Crippen LogP contribution in [0.4, 0.5) is 4.39 Å². The quantitative estimate of drug-likeness (QED) is 0.452. The lowest BCUT2D eigenvalue weighted by Crippen LogP contribution is -2.55. The molecule has 3 N–H and O–H groups in total. The van der Waals surface area contributed by atoms with Gasteiger partial charge in [-0.1, -0.05) is 30.3 Å². The molecule has 0 bridgehead atoms. The van der Waals surface area contributed by atoms with Gasteiger partial charge < -0.3 is 30.0 Å². The highest BCUT2D eigenvalue weighted by atomic mass is 19.1. The van der Waals surface area contributed by atoms with Crippen molar-refractivity contribution in [3.05, 3.63) is 77.1 Å². The van der Waals surface area contributed by atoms with Crippen molar-refractivity contribution in [2.75, 3.05) is 13.2 Å². The summed E-state index contributed by atoms with van der Waals surface area (Å²) >= 11 is 0. The maximum absolute atomic E-state index is 13.5. The average molecular weight is 511 g/mol. The van der Waals surface area contributed by atoms with E-state index < -0.39 is 35.9 Å². The number of hydrogen-bond donors (Lipinski definition) is 3. The molecule has 0 spiro atoms. The predicted octanol–water partition coefficient (Wildman–Crippen LogP) is 2.24. The zero-order chi connectivity index (χ0) is 26.5. The Morgan fingerprint density at radius 2 is 1.81 bits per heavy atom. The van der Waals surface area contributed by atoms with E-state index in [1.54, 1.807) is 30.3 Å². The highest BCUT2D eigenvalue weighted by molar-refractivity contribution is 5.96. The minimum absolute atomic E-state index is 0.0294. The molecule has 8 nitrogen and oxygen atoms in total. The highest BCUT2D eigenvalue weighted by Gasteiger charge is 2.50. The van der Waals surface area contributed by atoms with Crippen molar-refractivity contribution in [1.82, 2.24) is 10.2 Å². The first-order chi connectivity index (χ1) is 17.8. The number of ketones is 1. The fourth-order valence-electron chi connectivity index (χ4n) is 4.97. The van der Waals surface area contributed by atoms with Crippen molar-refractivity contribution < 1.29 is 33.7 Å². The monoisotopic (exact) mass is 510 g/mol. The van der Waals surface area contributed by atoms with Crippen LogP contribution in [0.1, 0.15) is 43.2 Å². The molecule has 9 heteroatoms. The molecule has 4 rings (SSSR count). The van der Waals surface area contributed by atoms with Gasteiger partial charge in [-0.25, -0.2) is 4.39 Å². The maximum atomic E-state index is 13.5. The van der Waals surface area contributed by atoms with Crippen LogP contribution in [0.3, 0.4) is 0 Å². The maximum Gasteiger partial charge on any atom is 0.247 e. The summed E-state index contributed by atoms with van der Waals surface area (Å²) in [5.41, 5.74) is 1.73. The number of hydrogen-bond acceptors (Lipinski definition) is 6. The second kappa shape index (κ2) is 11.7. The summed E-state index contributed by atoms with van der Waals surface area (Å²) in [4.78, 5) is 39.5. The molecule has 196 valence electrons. The summed E-state index contributed by atoms with van der Waals surface area (Å²) < 4.78 is 19.6. The van der Waals surface area contributed by atoms with Crippen LogP contribution in [-0.4, -0.2) is 64.1 Å². The van der Waals surface area contributed by atoms with Gasteiger partial charge >= 0.3 is 0 Å². The van der Waals surface area contributed by atoms with E-state index in [9.17, 15) is 29.0 Å². The number of carbonyl (C=O) groups is 3. The third-order valence-corrected chi connectivity index (χ3v) is 6.74. The zero-order valence-electron chi connectivity index (χ0n) is 20.6. The Bertz CT molecular complexity index is 1180. The van der Waals surface area contributed by atoms with Crippen molar-refractivity contribution >= 4 is 17.6 Å². The number of carbonyl (C=O) groups excluding carboxylic acids is 3. The van der Waals surface area contributed by atoms with E-state index in [1.165, 1.54) is 24.0 Å². The predicted molar refractivity (Wildman–Crippen MR) is 133 cm³/mol. The van der Waals surface area contributed by atoms with E-state index in [4.69, 9.17) is 4.74 Å². The number of para-hydroxylation sites is 1. The van der Waals surface area contributed by atoms with Gasteiger partial charge in [-0.3, -0.25) is 9.59 Å². The molecule has 2 aromatic carbocycles. The summed E-state index contributed by atoms with van der Waals surface area (Å²) in [6.07, 6.45) is 0.275. The molecular weight excluding hydrogens is 479 g/mol. The van der Waals surface area contributed by atoms with E-state index >= 15 is 0 Å². The van der Waals surface area contributed by atoms with Gasteiger partial charge in [-0.15, -0.1) is 0 Å². The number of aliphatic hydroxyl groups excluding tert-OH is 2. The van der Waals surface area contributed by atoms with Crippen LogP contribution in [0.25, 0.3) is 0 Å². The Morgan fingerprint density at radius 3 is 2.51 bits per heavy atom. The van der Waals surface area contributed by atoms with Crippen LogP contribution < -0.4 is 10.1 Å². The van der Waals surface area contributed by atoms with Gasteiger partial charge in [0.2, 0.25) is 11.8 Å². The normalized spacial score (nSPS) is 21.8. The minimum Gasteiger partial charge on any atom is -0.486 e. The first kappa shape index (κ1) is 26.5. The van der Waals surface area contributed by atoms with Crippen LogP contribution in [0.2, 0.25) is 0 Å². The smallest absolute Gasteiger partial charge is 0.247 e. The van der Waals surface area contributed by atoms with Crippen LogP contribution in [-0.2, 0) is 20.9 Å². The first-order valence-corrected chi connectivity index (χ1v) is 12.4. The summed E-state index contributed by atoms with van der Waals surface area (Å²) in [6, 6.07) is 12.0. The molecule has 0 radical (unpaired) electrons. The van der Waals surface area contributed by atoms with Crippen molar-refractivity contribution in [2.24, 2.45) is 0 Å². The van der Waals surface area contributed by atoms with Gasteiger partial charge in [0.1, 0.15) is 29.6 Å². The first-order valence-electron chi connectivity index (χ1n) is 12.4. The number of amides is 2. The third-order valence-electron chi connectivity index (χ3n) is 6.74. The minimum atomic E-state index is -1.16. The van der Waals surface area contributed by atoms with E-state index in [2.05, 4.69) is 5.32 Å². The number of rotatable bonds is 10. The number of halogens is 1. The molecule has 37 heavy (non-hydrogen) atoms. The molecule has 2 aromatic rings. The van der Waals surface area contributed by atoms with E-state index in [0.29, 0.717) is 23.3 Å². The summed E-state index contributed by atoms with van der Waals surface area (Å²) in [5.74, 6) is -1.18. The van der Waals surface area contributed by atoms with E-state index in [1.807, 2.05) is 12.1 Å². The molecule has 0 saturated carbocycles. The number of ether oxygens (including phenoxy) is 1. The molecule has 1 heterocycles. The van der Waals surface area contributed by atoms with Crippen LogP contribution in [0.15, 0.2) is 60.2 Å². The Balaban J connectivity index is 1.72. The van der Waals surface area contributed by atoms with E-state index in [-0.39, 0.29) is 44.2 Å². The Hall–Kier alpha value is -3.56. The third kappa shape index (κ3) is 5.89.